The van der Waals surface area contributed by atoms with Crippen molar-refractivity contribution in [2.24, 2.45) is 0 Å². The second kappa shape index (κ2) is 24.4. The van der Waals surface area contributed by atoms with E-state index in [2.05, 4.69) is 153 Å². The number of rotatable bonds is 10. The van der Waals surface area contributed by atoms with Gasteiger partial charge in [-0.1, -0.05) is 169 Å². The van der Waals surface area contributed by atoms with Crippen LogP contribution in [0.2, 0.25) is 0 Å². The van der Waals surface area contributed by atoms with Crippen LogP contribution in [0.1, 0.15) is 99.0 Å². The molecular weight excluding hydrogens is 659 g/mol. The molecule has 2 aliphatic rings. The lowest BCUT2D eigenvalue weighted by Gasteiger charge is -2.37. The number of amides is 1. The fourth-order valence-electron chi connectivity index (χ4n) is 6.79. The SMILES string of the molecule is C=C/C=C\C.C=CC=C.CC.CC.Cc1ccccc1CN1C(=O)c2cc(N3CCN(CCC(c4ccccc4)c4ccccc4)CC3)ccc2C1(C)C. The first kappa shape index (κ1) is 45.2. The van der Waals surface area contributed by atoms with Crippen molar-refractivity contribution in [3.63, 3.8) is 0 Å². The van der Waals surface area contributed by atoms with Crippen molar-refractivity contribution in [1.82, 2.24) is 9.80 Å². The summed E-state index contributed by atoms with van der Waals surface area (Å²) >= 11 is 0. The molecule has 6 rings (SSSR count). The lowest BCUT2D eigenvalue weighted by Crippen LogP contribution is -2.46. The summed E-state index contributed by atoms with van der Waals surface area (Å²) in [7, 11) is 0. The van der Waals surface area contributed by atoms with Gasteiger partial charge in [-0.15, -0.1) is 0 Å². The first-order valence-corrected chi connectivity index (χ1v) is 19.8. The quantitative estimate of drug-likeness (QED) is 0.152. The normalized spacial score (nSPS) is 14.2. The number of carbonyl (C=O) groups is 1. The zero-order chi connectivity index (χ0) is 39.9. The van der Waals surface area contributed by atoms with Crippen molar-refractivity contribution in [3.05, 3.63) is 187 Å². The monoisotopic (exact) mass is 726 g/mol. The van der Waals surface area contributed by atoms with Crippen LogP contribution in [0.4, 0.5) is 5.69 Å². The van der Waals surface area contributed by atoms with Crippen molar-refractivity contribution >= 4 is 11.6 Å². The number of carbonyl (C=O) groups excluding carboxylic acids is 1. The Hall–Kier alpha value is -4.93. The minimum Gasteiger partial charge on any atom is -0.369 e. The average molecular weight is 726 g/mol. The van der Waals surface area contributed by atoms with Crippen LogP contribution in [0.15, 0.2) is 153 Å². The number of piperazine rings is 1. The van der Waals surface area contributed by atoms with E-state index in [9.17, 15) is 4.79 Å². The Bertz CT molecular complexity index is 1670. The molecule has 54 heavy (non-hydrogen) atoms. The fourth-order valence-corrected chi connectivity index (χ4v) is 6.79. The maximum Gasteiger partial charge on any atom is 0.255 e. The molecular formula is C50H67N3O. The largest absolute Gasteiger partial charge is 0.369 e. The summed E-state index contributed by atoms with van der Waals surface area (Å²) < 4.78 is 0. The van der Waals surface area contributed by atoms with E-state index in [1.165, 1.54) is 22.3 Å². The summed E-state index contributed by atoms with van der Waals surface area (Å²) in [5.74, 6) is 0.547. The smallest absolute Gasteiger partial charge is 0.255 e. The summed E-state index contributed by atoms with van der Waals surface area (Å²) in [5.41, 5.74) is 8.03. The minimum absolute atomic E-state index is 0.140. The maximum absolute atomic E-state index is 13.7. The Morgan fingerprint density at radius 2 is 1.26 bits per heavy atom. The second-order valence-corrected chi connectivity index (χ2v) is 13.3. The standard InChI is InChI=1S/C37H41N3O.C5H8.C4H6.2C2H6/c1-28-12-10-11-17-31(28)27-40-36(41)34-26-32(18-19-35(34)37(40,2)3)39-24-22-38(23-25-39)21-20-33(29-13-6-4-7-14-29)30-15-8-5-9-16-30;1-3-5-4-2;1-3-4-2;2*1-2/h4-19,26,33H,20-25,27H2,1-3H3;3-5H,1H2,2H3;3-4H,1-2H2;2*1-2H3/b;5-4-;;;. The molecule has 0 saturated carbocycles. The van der Waals surface area contributed by atoms with Crippen LogP contribution in [0.25, 0.3) is 0 Å². The molecule has 0 unspecified atom stereocenters. The van der Waals surface area contributed by atoms with Crippen LogP contribution >= 0.6 is 0 Å². The Morgan fingerprint density at radius 3 is 1.74 bits per heavy atom. The van der Waals surface area contributed by atoms with E-state index in [0.29, 0.717) is 12.5 Å². The van der Waals surface area contributed by atoms with Gasteiger partial charge in [-0.3, -0.25) is 9.69 Å². The van der Waals surface area contributed by atoms with E-state index < -0.39 is 0 Å². The van der Waals surface area contributed by atoms with Crippen molar-refractivity contribution in [2.75, 3.05) is 37.6 Å². The third-order valence-electron chi connectivity index (χ3n) is 9.77. The molecule has 0 aromatic heterocycles. The van der Waals surface area contributed by atoms with Gasteiger partial charge in [0.2, 0.25) is 0 Å². The summed E-state index contributed by atoms with van der Waals surface area (Å²) in [5, 5.41) is 0. The molecule has 4 nitrogen and oxygen atoms in total. The van der Waals surface area contributed by atoms with Gasteiger partial charge in [-0.2, -0.15) is 0 Å². The molecule has 1 amide bonds. The van der Waals surface area contributed by atoms with Crippen LogP contribution in [0.5, 0.6) is 0 Å². The van der Waals surface area contributed by atoms with E-state index in [-0.39, 0.29) is 11.4 Å². The molecule has 2 heterocycles. The number of hydrogen-bond donors (Lipinski definition) is 0. The highest BCUT2D eigenvalue weighted by Gasteiger charge is 2.43. The van der Waals surface area contributed by atoms with Gasteiger partial charge < -0.3 is 9.80 Å². The van der Waals surface area contributed by atoms with Gasteiger partial charge in [-0.05, 0) is 80.6 Å². The van der Waals surface area contributed by atoms with Gasteiger partial charge in [0.05, 0.1) is 5.54 Å². The maximum atomic E-state index is 13.7. The third-order valence-corrected chi connectivity index (χ3v) is 9.77. The highest BCUT2D eigenvalue weighted by molar-refractivity contribution is 6.00. The summed E-state index contributed by atoms with van der Waals surface area (Å²) in [6.07, 6.45) is 9.96. The molecule has 0 atom stereocenters. The van der Waals surface area contributed by atoms with E-state index in [1.807, 2.05) is 51.7 Å². The number of fused-ring (bicyclic) bond motifs is 1. The highest BCUT2D eigenvalue weighted by Crippen LogP contribution is 2.41. The molecule has 0 N–H and O–H groups in total. The van der Waals surface area contributed by atoms with Crippen molar-refractivity contribution in [2.45, 2.75) is 79.8 Å². The highest BCUT2D eigenvalue weighted by atomic mass is 16.2. The number of aryl methyl sites for hydroxylation is 1. The van der Waals surface area contributed by atoms with Gasteiger partial charge in [0.1, 0.15) is 0 Å². The molecule has 0 radical (unpaired) electrons. The predicted molar refractivity (Wildman–Crippen MR) is 237 cm³/mol. The lowest BCUT2D eigenvalue weighted by molar-refractivity contribution is 0.0595. The topological polar surface area (TPSA) is 26.8 Å². The van der Waals surface area contributed by atoms with Gasteiger partial charge in [-0.25, -0.2) is 0 Å². The van der Waals surface area contributed by atoms with E-state index >= 15 is 0 Å². The molecule has 1 saturated heterocycles. The summed E-state index contributed by atoms with van der Waals surface area (Å²) in [6, 6.07) is 36.8. The number of nitrogens with zero attached hydrogens (tertiary/aromatic N) is 3. The second-order valence-electron chi connectivity index (χ2n) is 13.3. The van der Waals surface area contributed by atoms with Gasteiger partial charge in [0.15, 0.2) is 0 Å². The predicted octanol–water partition coefficient (Wildman–Crippen LogP) is 12.4. The Kier molecular flexibility index (Phi) is 20.4. The van der Waals surface area contributed by atoms with Crippen molar-refractivity contribution in [3.8, 4) is 0 Å². The molecule has 0 bridgehead atoms. The van der Waals surface area contributed by atoms with E-state index in [0.717, 1.165) is 56.0 Å². The number of anilines is 1. The summed E-state index contributed by atoms with van der Waals surface area (Å²) in [6.45, 7) is 32.3. The average Bonchev–Trinajstić information content (AvgIpc) is 3.41. The van der Waals surface area contributed by atoms with Crippen LogP contribution in [0.3, 0.4) is 0 Å². The molecule has 4 aromatic carbocycles. The summed E-state index contributed by atoms with van der Waals surface area (Å²) in [4.78, 5) is 20.8. The van der Waals surface area contributed by atoms with Crippen molar-refractivity contribution in [1.29, 1.82) is 0 Å². The first-order valence-electron chi connectivity index (χ1n) is 19.8. The van der Waals surface area contributed by atoms with Crippen molar-refractivity contribution < 1.29 is 4.79 Å². The molecule has 288 valence electrons. The van der Waals surface area contributed by atoms with Gasteiger partial charge >= 0.3 is 0 Å². The van der Waals surface area contributed by atoms with E-state index in [1.54, 1.807) is 18.2 Å². The Balaban J connectivity index is 0.000000682. The number of allylic oxidation sites excluding steroid dienone is 5. The molecule has 2 aliphatic heterocycles. The first-order chi connectivity index (χ1) is 26.2. The molecule has 4 heteroatoms. The van der Waals surface area contributed by atoms with Crippen LogP contribution < -0.4 is 4.90 Å². The van der Waals surface area contributed by atoms with Crippen LogP contribution in [0, 0.1) is 6.92 Å². The third kappa shape index (κ3) is 12.6. The molecule has 0 spiro atoms. The lowest BCUT2D eigenvalue weighted by atomic mass is 9.88. The van der Waals surface area contributed by atoms with Gasteiger partial charge in [0, 0.05) is 49.9 Å². The molecule has 1 fully saturated rings. The Morgan fingerprint density at radius 1 is 0.722 bits per heavy atom. The molecule has 0 aliphatic carbocycles. The fraction of sp³-hybridized carbons (Fsp3) is 0.340. The minimum atomic E-state index is -0.333. The Labute approximate surface area is 329 Å². The van der Waals surface area contributed by atoms with E-state index in [4.69, 9.17) is 0 Å². The van der Waals surface area contributed by atoms with Crippen LogP contribution in [-0.2, 0) is 12.1 Å². The number of hydrogen-bond acceptors (Lipinski definition) is 3. The zero-order valence-electron chi connectivity index (χ0n) is 34.6. The number of benzene rings is 4. The zero-order valence-corrected chi connectivity index (χ0v) is 34.6. The van der Waals surface area contributed by atoms with Gasteiger partial charge in [0.25, 0.3) is 5.91 Å². The molecule has 4 aromatic rings. The van der Waals surface area contributed by atoms with Crippen LogP contribution in [-0.4, -0.2) is 48.4 Å².